The average Bonchev–Trinajstić information content (AvgIpc) is 2.69. The fourth-order valence-corrected chi connectivity index (χ4v) is 2.88. The summed E-state index contributed by atoms with van der Waals surface area (Å²) < 4.78 is 15.9. The molecule has 0 saturated carbocycles. The van der Waals surface area contributed by atoms with E-state index in [9.17, 15) is 14.4 Å². The van der Waals surface area contributed by atoms with Crippen molar-refractivity contribution in [1.82, 2.24) is 0 Å². The van der Waals surface area contributed by atoms with Crippen molar-refractivity contribution in [2.45, 2.75) is 26.2 Å². The second-order valence-electron chi connectivity index (χ2n) is 7.67. The molecule has 2 aromatic carbocycles. The summed E-state index contributed by atoms with van der Waals surface area (Å²) in [4.78, 5) is 35.7. The third-order valence-corrected chi connectivity index (χ3v) is 4.34. The Kier molecular flexibility index (Phi) is 5.87. The normalized spacial score (nSPS) is 13.0. The Bertz CT molecular complexity index is 945. The highest BCUT2D eigenvalue weighted by Gasteiger charge is 2.20. The number of anilines is 1. The van der Waals surface area contributed by atoms with Gasteiger partial charge in [0, 0.05) is 5.56 Å². The first-order valence-corrected chi connectivity index (χ1v) is 9.22. The first-order valence-electron chi connectivity index (χ1n) is 9.22. The Morgan fingerprint density at radius 1 is 1.10 bits per heavy atom. The minimum absolute atomic E-state index is 0.0593. The zero-order valence-electron chi connectivity index (χ0n) is 16.6. The standard InChI is InChI=1S/C22H23NO6/c1-22(2,3)15-6-4-5-7-18(15)28-13-21(26)29-11-17(24)14-8-9-19-16(10-14)23-20(25)12-27-19/h4-10H,11-13H2,1-3H3,(H,23,25). The maximum atomic E-state index is 12.3. The van der Waals surface area contributed by atoms with Gasteiger partial charge in [-0.15, -0.1) is 0 Å². The molecule has 7 heteroatoms. The maximum Gasteiger partial charge on any atom is 0.344 e. The lowest BCUT2D eigenvalue weighted by molar-refractivity contribution is -0.144. The number of nitrogens with one attached hydrogen (secondary N) is 1. The van der Waals surface area contributed by atoms with Gasteiger partial charge >= 0.3 is 5.97 Å². The van der Waals surface area contributed by atoms with Gasteiger partial charge in [0.15, 0.2) is 25.6 Å². The average molecular weight is 397 g/mol. The molecule has 0 fully saturated rings. The highest BCUT2D eigenvalue weighted by molar-refractivity contribution is 6.01. The molecule has 1 aliphatic heterocycles. The van der Waals surface area contributed by atoms with Gasteiger partial charge in [0.2, 0.25) is 0 Å². The van der Waals surface area contributed by atoms with Crippen LogP contribution >= 0.6 is 0 Å². The van der Waals surface area contributed by atoms with Crippen LogP contribution in [0.2, 0.25) is 0 Å². The second kappa shape index (κ2) is 8.34. The molecule has 0 spiro atoms. The predicted molar refractivity (Wildman–Crippen MR) is 106 cm³/mol. The number of esters is 1. The van der Waals surface area contributed by atoms with Crippen LogP contribution in [0.3, 0.4) is 0 Å². The lowest BCUT2D eigenvalue weighted by atomic mass is 9.86. The summed E-state index contributed by atoms with van der Waals surface area (Å²) in [7, 11) is 0. The molecule has 0 atom stereocenters. The summed E-state index contributed by atoms with van der Waals surface area (Å²) in [6, 6.07) is 12.1. The highest BCUT2D eigenvalue weighted by Crippen LogP contribution is 2.31. The molecule has 2 aromatic rings. The number of para-hydroxylation sites is 1. The first kappa shape index (κ1) is 20.4. The van der Waals surface area contributed by atoms with Gasteiger partial charge in [-0.05, 0) is 35.2 Å². The Balaban J connectivity index is 1.54. The fourth-order valence-electron chi connectivity index (χ4n) is 2.88. The minimum atomic E-state index is -0.642. The predicted octanol–water partition coefficient (Wildman–Crippen LogP) is 3.12. The van der Waals surface area contributed by atoms with Crippen molar-refractivity contribution in [3.63, 3.8) is 0 Å². The van der Waals surface area contributed by atoms with Crippen molar-refractivity contribution in [3.8, 4) is 11.5 Å². The second-order valence-corrected chi connectivity index (χ2v) is 7.67. The van der Waals surface area contributed by atoms with Gasteiger partial charge in [-0.1, -0.05) is 39.0 Å². The van der Waals surface area contributed by atoms with Gasteiger partial charge in [-0.3, -0.25) is 9.59 Å². The Hall–Kier alpha value is -3.35. The topological polar surface area (TPSA) is 90.9 Å². The Morgan fingerprint density at radius 2 is 1.86 bits per heavy atom. The number of carbonyl (C=O) groups excluding carboxylic acids is 3. The molecule has 1 N–H and O–H groups in total. The number of benzene rings is 2. The van der Waals surface area contributed by atoms with Crippen molar-refractivity contribution in [3.05, 3.63) is 53.6 Å². The number of hydrogen-bond acceptors (Lipinski definition) is 6. The monoisotopic (exact) mass is 397 g/mol. The van der Waals surface area contributed by atoms with Crippen molar-refractivity contribution >= 4 is 23.3 Å². The summed E-state index contributed by atoms with van der Waals surface area (Å²) in [5.74, 6) is -0.230. The molecule has 29 heavy (non-hydrogen) atoms. The molecule has 3 rings (SSSR count). The number of fused-ring (bicyclic) bond motifs is 1. The molecule has 0 bridgehead atoms. The number of carbonyl (C=O) groups is 3. The van der Waals surface area contributed by atoms with Crippen molar-refractivity contribution in [2.24, 2.45) is 0 Å². The van der Waals surface area contributed by atoms with E-state index in [1.165, 1.54) is 6.07 Å². The van der Waals surface area contributed by atoms with E-state index in [1.54, 1.807) is 18.2 Å². The molecular weight excluding hydrogens is 374 g/mol. The van der Waals surface area contributed by atoms with Gasteiger partial charge < -0.3 is 19.5 Å². The third kappa shape index (κ3) is 5.13. The molecular formula is C22H23NO6. The summed E-state index contributed by atoms with van der Waals surface area (Å²) in [6.45, 7) is 5.39. The van der Waals surface area contributed by atoms with Crippen LogP contribution in [0.25, 0.3) is 0 Å². The van der Waals surface area contributed by atoms with E-state index in [1.807, 2.05) is 18.2 Å². The van der Waals surface area contributed by atoms with E-state index in [-0.39, 0.29) is 24.5 Å². The van der Waals surface area contributed by atoms with E-state index in [0.29, 0.717) is 22.7 Å². The number of hydrogen-bond donors (Lipinski definition) is 1. The van der Waals surface area contributed by atoms with Crippen molar-refractivity contribution in [2.75, 3.05) is 25.1 Å². The molecule has 1 aliphatic rings. The molecule has 0 radical (unpaired) electrons. The maximum absolute atomic E-state index is 12.3. The van der Waals surface area contributed by atoms with Crippen LogP contribution in [0.1, 0.15) is 36.7 Å². The summed E-state index contributed by atoms with van der Waals surface area (Å²) in [5, 5.41) is 2.63. The zero-order chi connectivity index (χ0) is 21.0. The molecule has 1 heterocycles. The van der Waals surface area contributed by atoms with Crippen molar-refractivity contribution < 1.29 is 28.6 Å². The van der Waals surface area contributed by atoms with E-state index in [2.05, 4.69) is 26.1 Å². The van der Waals surface area contributed by atoms with Gasteiger partial charge in [0.25, 0.3) is 5.91 Å². The number of rotatable bonds is 6. The first-order chi connectivity index (χ1) is 13.7. The largest absolute Gasteiger partial charge is 0.482 e. The van der Waals surface area contributed by atoms with Crippen LogP contribution in [0, 0.1) is 0 Å². The summed E-state index contributed by atoms with van der Waals surface area (Å²) >= 11 is 0. The smallest absolute Gasteiger partial charge is 0.344 e. The highest BCUT2D eigenvalue weighted by atomic mass is 16.6. The molecule has 152 valence electrons. The third-order valence-electron chi connectivity index (χ3n) is 4.34. The van der Waals surface area contributed by atoms with Crippen LogP contribution in [-0.4, -0.2) is 37.5 Å². The van der Waals surface area contributed by atoms with Crippen LogP contribution in [0.15, 0.2) is 42.5 Å². The van der Waals surface area contributed by atoms with Crippen LogP contribution < -0.4 is 14.8 Å². The van der Waals surface area contributed by atoms with E-state index in [4.69, 9.17) is 14.2 Å². The molecule has 1 amide bonds. The van der Waals surface area contributed by atoms with E-state index in [0.717, 1.165) is 5.56 Å². The summed E-state index contributed by atoms with van der Waals surface area (Å²) in [5.41, 5.74) is 1.56. The Labute approximate surface area is 169 Å². The lowest BCUT2D eigenvalue weighted by Gasteiger charge is -2.22. The van der Waals surface area contributed by atoms with Gasteiger partial charge in [-0.2, -0.15) is 0 Å². The minimum Gasteiger partial charge on any atom is -0.482 e. The molecule has 0 aromatic heterocycles. The number of ether oxygens (including phenoxy) is 3. The fraction of sp³-hybridized carbons (Fsp3) is 0.318. The number of Topliss-reactive ketones (excluding diaryl/α,β-unsaturated/α-hetero) is 1. The number of ketones is 1. The van der Waals surface area contributed by atoms with E-state index >= 15 is 0 Å². The van der Waals surface area contributed by atoms with Gasteiger partial charge in [-0.25, -0.2) is 4.79 Å². The Morgan fingerprint density at radius 3 is 2.62 bits per heavy atom. The molecule has 7 nitrogen and oxygen atoms in total. The molecule has 0 saturated heterocycles. The van der Waals surface area contributed by atoms with Crippen LogP contribution in [0.5, 0.6) is 11.5 Å². The number of amides is 1. The van der Waals surface area contributed by atoms with Crippen molar-refractivity contribution in [1.29, 1.82) is 0 Å². The van der Waals surface area contributed by atoms with E-state index < -0.39 is 18.4 Å². The van der Waals surface area contributed by atoms with Crippen LogP contribution in [-0.2, 0) is 19.7 Å². The quantitative estimate of drug-likeness (QED) is 0.595. The zero-order valence-corrected chi connectivity index (χ0v) is 16.6. The van der Waals surface area contributed by atoms with Crippen LogP contribution in [0.4, 0.5) is 5.69 Å². The SMILES string of the molecule is CC(C)(C)c1ccccc1OCC(=O)OCC(=O)c1ccc2c(c1)NC(=O)CO2. The molecule has 0 unspecified atom stereocenters. The molecule has 0 aliphatic carbocycles. The van der Waals surface area contributed by atoms with Gasteiger partial charge in [0.1, 0.15) is 11.5 Å². The summed E-state index contributed by atoms with van der Waals surface area (Å²) in [6.07, 6.45) is 0. The lowest BCUT2D eigenvalue weighted by Crippen LogP contribution is -2.26. The van der Waals surface area contributed by atoms with Gasteiger partial charge in [0.05, 0.1) is 5.69 Å².